The van der Waals surface area contributed by atoms with Crippen molar-refractivity contribution in [2.75, 3.05) is 6.54 Å². The molecule has 1 rings (SSSR count). The lowest BCUT2D eigenvalue weighted by Gasteiger charge is -2.27. The number of hydrogen-bond acceptors (Lipinski definition) is 9. The average molecular weight is 887 g/mol. The first-order chi connectivity index (χ1) is 30.3. The van der Waals surface area contributed by atoms with Crippen LogP contribution in [0.2, 0.25) is 0 Å². The average Bonchev–Trinajstić information content (AvgIpc) is 3.26. The van der Waals surface area contributed by atoms with Crippen LogP contribution in [-0.2, 0) is 44.8 Å². The molecule has 0 spiro atoms. The van der Waals surface area contributed by atoms with Crippen LogP contribution in [0.15, 0.2) is 30.3 Å². The molecule has 0 fully saturated rings. The maximum absolute atomic E-state index is 13.8. The van der Waals surface area contributed by atoms with Gasteiger partial charge in [0.1, 0.15) is 30.5 Å². The third kappa shape index (κ3) is 26.4. The highest BCUT2D eigenvalue weighted by atomic mass is 16.4. The van der Waals surface area contributed by atoms with Crippen molar-refractivity contribution in [1.29, 1.82) is 0 Å². The third-order valence-electron chi connectivity index (χ3n) is 11.3. The fourth-order valence-corrected chi connectivity index (χ4v) is 7.10. The molecule has 1 aromatic rings. The van der Waals surface area contributed by atoms with Crippen LogP contribution in [0, 0.1) is 5.92 Å². The maximum Gasteiger partial charge on any atom is 0.326 e. The number of carboxylic acids is 2. The first kappa shape index (κ1) is 56.2. The molecule has 63 heavy (non-hydrogen) atoms. The molecule has 1 aromatic carbocycles. The zero-order valence-corrected chi connectivity index (χ0v) is 38.1. The number of aldehydes is 1. The highest BCUT2D eigenvalue weighted by Gasteiger charge is 2.32. The van der Waals surface area contributed by atoms with Gasteiger partial charge in [0.25, 0.3) is 0 Å². The van der Waals surface area contributed by atoms with Crippen LogP contribution in [0.5, 0.6) is 0 Å². The van der Waals surface area contributed by atoms with Crippen LogP contribution in [0.4, 0.5) is 0 Å². The van der Waals surface area contributed by atoms with E-state index in [1.807, 2.05) is 6.92 Å². The summed E-state index contributed by atoms with van der Waals surface area (Å²) >= 11 is 0. The third-order valence-corrected chi connectivity index (χ3v) is 11.3. The van der Waals surface area contributed by atoms with Crippen molar-refractivity contribution in [3.8, 4) is 0 Å². The number of carbonyl (C=O) groups is 8. The Bertz CT molecular complexity index is 1510. The van der Waals surface area contributed by atoms with Gasteiger partial charge in [0, 0.05) is 25.7 Å². The lowest BCUT2D eigenvalue weighted by Crippen LogP contribution is -2.58. The van der Waals surface area contributed by atoms with Gasteiger partial charge in [-0.25, -0.2) is 4.79 Å². The standard InChI is InChI=1S/C47H78N6O10/c1-4-6-7-8-9-10-11-12-13-14-15-16-20-26-41(55)50-38(47(62)63)27-29-42(56)49-36(25-21-22-31-48)44(59)51-37(28-30-43(57)58)45(60)52-39(32-35-23-18-17-19-24-35)46(61)53-40(33-54)34(3)5-2/h17-19,23-24,33-34,36-40H,4-16,20-22,25-32,48H2,1-3H3,(H,49,56)(H,50,55)(H,51,59)(H,52,60)(H,53,61)(H,57,58)(H,62,63)/t34-,36-,37-,38-,39-,40+/m0/s1. The summed E-state index contributed by atoms with van der Waals surface area (Å²) in [7, 11) is 0. The number of hydrogen-bond donors (Lipinski definition) is 8. The fourth-order valence-electron chi connectivity index (χ4n) is 7.10. The molecule has 16 heteroatoms. The predicted octanol–water partition coefficient (Wildman–Crippen LogP) is 5.24. The van der Waals surface area contributed by atoms with Crippen molar-refractivity contribution in [2.24, 2.45) is 11.7 Å². The van der Waals surface area contributed by atoms with Gasteiger partial charge in [-0.1, -0.05) is 135 Å². The van der Waals surface area contributed by atoms with Crippen LogP contribution in [0.1, 0.15) is 168 Å². The van der Waals surface area contributed by atoms with Crippen LogP contribution in [0.25, 0.3) is 0 Å². The molecular weight excluding hydrogens is 809 g/mol. The minimum atomic E-state index is -1.44. The first-order valence-electron chi connectivity index (χ1n) is 23.4. The Labute approximate surface area is 374 Å². The van der Waals surface area contributed by atoms with E-state index in [0.717, 1.165) is 19.3 Å². The fraction of sp³-hybridized carbons (Fsp3) is 0.702. The van der Waals surface area contributed by atoms with Crippen LogP contribution >= 0.6 is 0 Å². The number of nitrogens with two attached hydrogens (primary N) is 1. The lowest BCUT2D eigenvalue weighted by atomic mass is 9.99. The topological polar surface area (TPSA) is 263 Å². The minimum Gasteiger partial charge on any atom is -0.481 e. The molecule has 6 atom stereocenters. The summed E-state index contributed by atoms with van der Waals surface area (Å²) in [5, 5.41) is 32.3. The van der Waals surface area contributed by atoms with E-state index in [1.54, 1.807) is 37.3 Å². The molecular formula is C47H78N6O10. The highest BCUT2D eigenvalue weighted by molar-refractivity contribution is 5.95. The summed E-state index contributed by atoms with van der Waals surface area (Å²) in [6.07, 6.45) is 16.0. The quantitative estimate of drug-likeness (QED) is 0.0315. The molecule has 0 heterocycles. The zero-order chi connectivity index (χ0) is 46.8. The van der Waals surface area contributed by atoms with E-state index in [0.29, 0.717) is 44.1 Å². The Hall–Kier alpha value is -4.86. The Morgan fingerprint density at radius 2 is 1.06 bits per heavy atom. The van der Waals surface area contributed by atoms with Gasteiger partial charge >= 0.3 is 11.9 Å². The Kier molecular flexibility index (Phi) is 30.8. The molecule has 0 radical (unpaired) electrons. The molecule has 0 bridgehead atoms. The van der Waals surface area contributed by atoms with Crippen molar-refractivity contribution in [1.82, 2.24) is 26.6 Å². The van der Waals surface area contributed by atoms with Gasteiger partial charge in [0.15, 0.2) is 0 Å². The van der Waals surface area contributed by atoms with Gasteiger partial charge in [-0.3, -0.25) is 28.8 Å². The van der Waals surface area contributed by atoms with Crippen LogP contribution in [-0.4, -0.2) is 94.7 Å². The molecule has 356 valence electrons. The van der Waals surface area contributed by atoms with E-state index in [2.05, 4.69) is 33.5 Å². The van der Waals surface area contributed by atoms with Gasteiger partial charge < -0.3 is 47.3 Å². The molecule has 0 saturated heterocycles. The summed E-state index contributed by atoms with van der Waals surface area (Å²) in [5.41, 5.74) is 6.36. The van der Waals surface area contributed by atoms with Crippen molar-refractivity contribution in [3.05, 3.63) is 35.9 Å². The van der Waals surface area contributed by atoms with Gasteiger partial charge in [-0.05, 0) is 56.6 Å². The molecule has 0 aliphatic heterocycles. The number of rotatable bonds is 38. The number of nitrogens with one attached hydrogen (secondary N) is 5. The highest BCUT2D eigenvalue weighted by Crippen LogP contribution is 2.14. The van der Waals surface area contributed by atoms with Crippen molar-refractivity contribution >= 4 is 47.8 Å². The monoisotopic (exact) mass is 887 g/mol. The number of carboxylic acid groups (broad SMARTS) is 2. The molecule has 16 nitrogen and oxygen atoms in total. The van der Waals surface area contributed by atoms with E-state index >= 15 is 0 Å². The van der Waals surface area contributed by atoms with Crippen molar-refractivity contribution in [3.63, 3.8) is 0 Å². The summed E-state index contributed by atoms with van der Waals surface area (Å²) < 4.78 is 0. The minimum absolute atomic E-state index is 0.0269. The predicted molar refractivity (Wildman–Crippen MR) is 242 cm³/mol. The maximum atomic E-state index is 13.8. The zero-order valence-electron chi connectivity index (χ0n) is 38.1. The second kappa shape index (κ2) is 34.6. The number of amides is 5. The summed E-state index contributed by atoms with van der Waals surface area (Å²) in [6.45, 7) is 6.19. The largest absolute Gasteiger partial charge is 0.481 e. The first-order valence-corrected chi connectivity index (χ1v) is 23.4. The normalized spacial score (nSPS) is 13.9. The van der Waals surface area contributed by atoms with E-state index < -0.39 is 78.1 Å². The second-order valence-electron chi connectivity index (χ2n) is 16.7. The van der Waals surface area contributed by atoms with Gasteiger partial charge in [-0.2, -0.15) is 0 Å². The Morgan fingerprint density at radius 3 is 1.59 bits per heavy atom. The van der Waals surface area contributed by atoms with E-state index in [4.69, 9.17) is 5.73 Å². The van der Waals surface area contributed by atoms with Crippen molar-refractivity contribution < 1.29 is 48.6 Å². The molecule has 0 saturated carbocycles. The van der Waals surface area contributed by atoms with Crippen LogP contribution < -0.4 is 32.3 Å². The molecule has 0 unspecified atom stereocenters. The summed E-state index contributed by atoms with van der Waals surface area (Å²) in [5.74, 6) is -6.11. The number of carbonyl (C=O) groups excluding carboxylic acids is 6. The number of benzene rings is 1. The number of unbranched alkanes of at least 4 members (excludes halogenated alkanes) is 13. The summed E-state index contributed by atoms with van der Waals surface area (Å²) in [4.78, 5) is 102. The van der Waals surface area contributed by atoms with Crippen molar-refractivity contribution in [2.45, 2.75) is 199 Å². The second-order valence-corrected chi connectivity index (χ2v) is 16.7. The molecule has 5 amide bonds. The molecule has 0 aromatic heterocycles. The Morgan fingerprint density at radius 1 is 0.571 bits per heavy atom. The molecule has 0 aliphatic carbocycles. The molecule has 0 aliphatic rings. The Balaban J connectivity index is 2.89. The smallest absolute Gasteiger partial charge is 0.326 e. The van der Waals surface area contributed by atoms with Gasteiger partial charge in [0.2, 0.25) is 29.5 Å². The molecule has 9 N–H and O–H groups in total. The summed E-state index contributed by atoms with van der Waals surface area (Å²) in [6, 6.07) is 2.81. The number of aliphatic carboxylic acids is 2. The van der Waals surface area contributed by atoms with E-state index in [1.165, 1.54) is 57.8 Å². The lowest BCUT2D eigenvalue weighted by molar-refractivity contribution is -0.142. The SMILES string of the molecule is CCCCCCCCCCCCCCCC(=O)N[C@@H](CCC(=O)N[C@@H](CCCCN)C(=O)N[C@@H](CCC(=O)O)C(=O)N[C@@H](Cc1ccccc1)C(=O)N[C@H](C=O)[C@@H](C)CC)C(=O)O. The van der Waals surface area contributed by atoms with Gasteiger partial charge in [0.05, 0.1) is 6.04 Å². The van der Waals surface area contributed by atoms with Crippen LogP contribution in [0.3, 0.4) is 0 Å². The van der Waals surface area contributed by atoms with Gasteiger partial charge in [-0.15, -0.1) is 0 Å². The van der Waals surface area contributed by atoms with E-state index in [-0.39, 0.29) is 44.4 Å². The van der Waals surface area contributed by atoms with E-state index in [9.17, 15) is 48.6 Å².